The van der Waals surface area contributed by atoms with Gasteiger partial charge in [0, 0.05) is 6.07 Å². The Morgan fingerprint density at radius 1 is 1.33 bits per heavy atom. The maximum atomic E-state index is 12.1. The summed E-state index contributed by atoms with van der Waals surface area (Å²) in [6.07, 6.45) is 3.78. The van der Waals surface area contributed by atoms with Crippen LogP contribution in [0.25, 0.3) is 0 Å². The minimum absolute atomic E-state index is 0. The molecule has 0 aliphatic heterocycles. The Balaban J connectivity index is 0.00000288. The Bertz CT molecular complexity index is 870. The number of hydrogen-bond acceptors (Lipinski definition) is 6. The molecule has 2 N–H and O–H groups in total. The van der Waals surface area contributed by atoms with Crippen LogP contribution in [0.1, 0.15) is 20.0 Å². The molecule has 7 nitrogen and oxygen atoms in total. The van der Waals surface area contributed by atoms with Crippen LogP contribution in [-0.2, 0) is 16.6 Å². The SMILES string of the molecule is CS(=O)(=O)N(N)C(=O)c1ccc[n+](CC(=O)c2ccc(Cl)s2)c1.[Br-]. The molecule has 0 bridgehead atoms. The van der Waals surface area contributed by atoms with E-state index in [1.807, 2.05) is 0 Å². The Morgan fingerprint density at radius 2 is 2.00 bits per heavy atom. The van der Waals surface area contributed by atoms with Gasteiger partial charge in [0.2, 0.25) is 22.4 Å². The Morgan fingerprint density at radius 3 is 2.54 bits per heavy atom. The van der Waals surface area contributed by atoms with Gasteiger partial charge in [-0.15, -0.1) is 11.3 Å². The second-order valence-corrected chi connectivity index (χ2v) is 8.23. The number of ketones is 1. The number of hydrogen-bond donors (Lipinski definition) is 1. The first-order valence-corrected chi connectivity index (χ1v) is 9.30. The fourth-order valence-corrected chi connectivity index (χ4v) is 3.11. The van der Waals surface area contributed by atoms with E-state index in [2.05, 4.69) is 0 Å². The molecule has 0 unspecified atom stereocenters. The zero-order valence-corrected chi connectivity index (χ0v) is 16.3. The van der Waals surface area contributed by atoms with Crippen molar-refractivity contribution in [1.82, 2.24) is 4.41 Å². The van der Waals surface area contributed by atoms with Gasteiger partial charge in [0.05, 0.1) is 15.5 Å². The van der Waals surface area contributed by atoms with Crippen molar-refractivity contribution in [2.24, 2.45) is 5.84 Å². The number of amides is 1. The van der Waals surface area contributed by atoms with Crippen molar-refractivity contribution in [2.75, 3.05) is 6.26 Å². The number of carbonyl (C=O) groups is 2. The third-order valence-electron chi connectivity index (χ3n) is 2.84. The lowest BCUT2D eigenvalue weighted by atomic mass is 10.2. The Labute approximate surface area is 158 Å². The summed E-state index contributed by atoms with van der Waals surface area (Å²) in [6, 6.07) is 6.19. The molecule has 2 rings (SSSR count). The maximum absolute atomic E-state index is 12.1. The molecule has 0 spiro atoms. The van der Waals surface area contributed by atoms with E-state index < -0.39 is 15.9 Å². The number of nitrogens with two attached hydrogens (primary N) is 1. The second-order valence-electron chi connectivity index (χ2n) is 4.66. The van der Waals surface area contributed by atoms with E-state index in [0.29, 0.717) is 9.21 Å². The van der Waals surface area contributed by atoms with Crippen molar-refractivity contribution in [3.8, 4) is 0 Å². The van der Waals surface area contributed by atoms with Crippen LogP contribution < -0.4 is 27.4 Å². The van der Waals surface area contributed by atoms with Gasteiger partial charge in [-0.05, 0) is 18.2 Å². The summed E-state index contributed by atoms with van der Waals surface area (Å²) in [7, 11) is -3.85. The van der Waals surface area contributed by atoms with E-state index in [9.17, 15) is 18.0 Å². The minimum atomic E-state index is -3.85. The molecule has 0 saturated heterocycles. The predicted molar refractivity (Wildman–Crippen MR) is 85.5 cm³/mol. The molecule has 2 aromatic heterocycles. The highest BCUT2D eigenvalue weighted by Crippen LogP contribution is 2.21. The van der Waals surface area contributed by atoms with Crippen LogP contribution >= 0.6 is 22.9 Å². The van der Waals surface area contributed by atoms with Gasteiger partial charge in [-0.3, -0.25) is 9.59 Å². The first-order chi connectivity index (χ1) is 10.7. The van der Waals surface area contributed by atoms with Crippen LogP contribution in [0.15, 0.2) is 36.7 Å². The Hall–Kier alpha value is -1.33. The number of aromatic nitrogens is 1. The number of rotatable bonds is 5. The van der Waals surface area contributed by atoms with Crippen molar-refractivity contribution in [2.45, 2.75) is 6.54 Å². The molecule has 0 atom stereocenters. The molecule has 2 heterocycles. The largest absolute Gasteiger partial charge is 1.00 e. The van der Waals surface area contributed by atoms with Crippen molar-refractivity contribution in [3.63, 3.8) is 0 Å². The first-order valence-electron chi connectivity index (χ1n) is 6.25. The van der Waals surface area contributed by atoms with Gasteiger partial charge in [0.1, 0.15) is 5.56 Å². The summed E-state index contributed by atoms with van der Waals surface area (Å²) in [6.45, 7) is -0.0125. The quantitative estimate of drug-likeness (QED) is 0.183. The number of halogens is 2. The third kappa shape index (κ3) is 5.08. The van der Waals surface area contributed by atoms with Crippen LogP contribution in [0, 0.1) is 0 Å². The molecule has 11 heteroatoms. The molecule has 0 radical (unpaired) electrons. The topological polar surface area (TPSA) is 101 Å². The summed E-state index contributed by atoms with van der Waals surface area (Å²) in [4.78, 5) is 24.6. The molecule has 0 saturated carbocycles. The van der Waals surface area contributed by atoms with Crippen LogP contribution in [0.3, 0.4) is 0 Å². The average molecular weight is 455 g/mol. The first kappa shape index (κ1) is 20.7. The fourth-order valence-electron chi connectivity index (χ4n) is 1.73. The van der Waals surface area contributed by atoms with E-state index in [1.165, 1.54) is 22.9 Å². The molecular formula is C13H13BrClN3O4S2. The predicted octanol–water partition coefficient (Wildman–Crippen LogP) is -2.15. The third-order valence-corrected chi connectivity index (χ3v) is 4.99. The van der Waals surface area contributed by atoms with Gasteiger partial charge in [-0.1, -0.05) is 11.6 Å². The summed E-state index contributed by atoms with van der Waals surface area (Å²) in [5, 5.41) is 0. The zero-order chi connectivity index (χ0) is 17.2. The number of sulfonamides is 1. The number of thiophene rings is 1. The van der Waals surface area contributed by atoms with Crippen LogP contribution in [0.2, 0.25) is 4.34 Å². The monoisotopic (exact) mass is 453 g/mol. The molecule has 0 fully saturated rings. The van der Waals surface area contributed by atoms with E-state index in [4.69, 9.17) is 17.4 Å². The van der Waals surface area contributed by atoms with Crippen LogP contribution in [0.4, 0.5) is 0 Å². The van der Waals surface area contributed by atoms with E-state index in [-0.39, 0.29) is 39.3 Å². The molecule has 1 amide bonds. The minimum Gasteiger partial charge on any atom is -1.00 e. The van der Waals surface area contributed by atoms with Crippen molar-refractivity contribution >= 4 is 44.7 Å². The molecule has 0 aromatic carbocycles. The molecule has 2 aromatic rings. The van der Waals surface area contributed by atoms with Gasteiger partial charge in [0.15, 0.2) is 12.4 Å². The van der Waals surface area contributed by atoms with E-state index in [1.54, 1.807) is 18.3 Å². The summed E-state index contributed by atoms with van der Waals surface area (Å²) >= 11 is 6.95. The molecular weight excluding hydrogens is 442 g/mol. The molecule has 0 aliphatic carbocycles. The van der Waals surface area contributed by atoms with Gasteiger partial charge >= 0.3 is 0 Å². The normalized spacial score (nSPS) is 10.8. The van der Waals surface area contributed by atoms with Gasteiger partial charge in [-0.25, -0.2) is 14.3 Å². The van der Waals surface area contributed by atoms with Crippen molar-refractivity contribution in [1.29, 1.82) is 0 Å². The molecule has 130 valence electrons. The van der Waals surface area contributed by atoms with E-state index in [0.717, 1.165) is 17.6 Å². The number of pyridine rings is 1. The lowest BCUT2D eigenvalue weighted by molar-refractivity contribution is -0.683. The molecule has 24 heavy (non-hydrogen) atoms. The average Bonchev–Trinajstić information content (AvgIpc) is 2.91. The highest BCUT2D eigenvalue weighted by atomic mass is 79.9. The van der Waals surface area contributed by atoms with E-state index >= 15 is 0 Å². The van der Waals surface area contributed by atoms with Crippen LogP contribution in [0.5, 0.6) is 0 Å². The number of carbonyl (C=O) groups excluding carboxylic acids is 2. The second kappa shape index (κ2) is 8.17. The van der Waals surface area contributed by atoms with Crippen LogP contribution in [-0.4, -0.2) is 30.8 Å². The number of Topliss-reactive ketones (excluding diaryl/α,β-unsaturated/α-hetero) is 1. The van der Waals surface area contributed by atoms with Crippen molar-refractivity contribution in [3.05, 3.63) is 51.4 Å². The number of hydrazine groups is 1. The summed E-state index contributed by atoms with van der Waals surface area (Å²) in [5.74, 6) is 4.22. The highest BCUT2D eigenvalue weighted by molar-refractivity contribution is 7.88. The summed E-state index contributed by atoms with van der Waals surface area (Å²) < 4.78 is 24.7. The standard InChI is InChI=1S/C13H13ClN3O4S2.BrH/c1-23(20,21)17(15)13(19)9-3-2-6-16(7-9)8-10(18)11-4-5-12(14)22-11;/h2-7H,8,15H2,1H3;1H/q+1;/p-1. The molecule has 0 aliphatic rings. The maximum Gasteiger partial charge on any atom is 0.287 e. The smallest absolute Gasteiger partial charge is 0.287 e. The van der Waals surface area contributed by atoms with Gasteiger partial charge < -0.3 is 17.0 Å². The lowest BCUT2D eigenvalue weighted by Crippen LogP contribution is -3.00. The number of nitrogens with zero attached hydrogens (tertiary/aromatic N) is 2. The van der Waals surface area contributed by atoms with Gasteiger partial charge in [-0.2, -0.15) is 8.98 Å². The van der Waals surface area contributed by atoms with Gasteiger partial charge in [0.25, 0.3) is 5.91 Å². The zero-order valence-electron chi connectivity index (χ0n) is 12.3. The fraction of sp³-hybridized carbons (Fsp3) is 0.154. The van der Waals surface area contributed by atoms with Crippen molar-refractivity contribution < 1.29 is 39.6 Å². The lowest BCUT2D eigenvalue weighted by Gasteiger charge is -2.12. The highest BCUT2D eigenvalue weighted by Gasteiger charge is 2.23. The Kier molecular flexibility index (Phi) is 7.05. The summed E-state index contributed by atoms with van der Waals surface area (Å²) in [5.41, 5.74) is 0.0532.